The van der Waals surface area contributed by atoms with Crippen molar-refractivity contribution in [3.05, 3.63) is 18.2 Å². The van der Waals surface area contributed by atoms with Crippen molar-refractivity contribution in [1.29, 1.82) is 0 Å². The summed E-state index contributed by atoms with van der Waals surface area (Å²) in [6, 6.07) is 6.75. The number of hydrogen-bond donors (Lipinski definition) is 1. The molecule has 2 unspecified atom stereocenters. The maximum atomic E-state index is 5.93. The summed E-state index contributed by atoms with van der Waals surface area (Å²) in [4.78, 5) is 2.39. The summed E-state index contributed by atoms with van der Waals surface area (Å²) in [6.45, 7) is 4.99. The van der Waals surface area contributed by atoms with Gasteiger partial charge in [-0.1, -0.05) is 19.8 Å². The minimum Gasteiger partial charge on any atom is -0.492 e. The topological polar surface area (TPSA) is 38.5 Å². The third kappa shape index (κ3) is 3.34. The normalized spacial score (nSPS) is 23.1. The zero-order valence-corrected chi connectivity index (χ0v) is 12.4. The summed E-state index contributed by atoms with van der Waals surface area (Å²) in [5.74, 6) is 1.64. The molecule has 3 heteroatoms. The molecule has 2 rings (SSSR count). The first-order valence-corrected chi connectivity index (χ1v) is 7.37. The van der Waals surface area contributed by atoms with Crippen LogP contribution >= 0.6 is 0 Å². The quantitative estimate of drug-likeness (QED) is 0.841. The number of hydrogen-bond acceptors (Lipinski definition) is 3. The van der Waals surface area contributed by atoms with Gasteiger partial charge in [0.2, 0.25) is 0 Å². The maximum Gasteiger partial charge on any atom is 0.144 e. The predicted octanol–water partition coefficient (Wildman–Crippen LogP) is 3.68. The second-order valence-electron chi connectivity index (χ2n) is 5.69. The lowest BCUT2D eigenvalue weighted by Gasteiger charge is -2.35. The Morgan fingerprint density at radius 2 is 2.16 bits per heavy atom. The van der Waals surface area contributed by atoms with E-state index in [2.05, 4.69) is 31.0 Å². The molecule has 0 bridgehead atoms. The molecule has 2 atom stereocenters. The van der Waals surface area contributed by atoms with Gasteiger partial charge in [0.05, 0.1) is 12.3 Å². The van der Waals surface area contributed by atoms with E-state index in [0.29, 0.717) is 12.6 Å². The van der Waals surface area contributed by atoms with Crippen LogP contribution in [0.25, 0.3) is 0 Å². The van der Waals surface area contributed by atoms with E-state index in [9.17, 15) is 0 Å². The van der Waals surface area contributed by atoms with Crippen LogP contribution < -0.4 is 15.4 Å². The Hall–Kier alpha value is -1.38. The van der Waals surface area contributed by atoms with Crippen molar-refractivity contribution in [3.8, 4) is 5.75 Å². The molecular formula is C16H26N2O. The van der Waals surface area contributed by atoms with Crippen LogP contribution in [0.3, 0.4) is 0 Å². The molecule has 0 heterocycles. The summed E-state index contributed by atoms with van der Waals surface area (Å²) < 4.78 is 5.58. The SMILES string of the molecule is CCOc1cc(N(C)C2CCCC(C)C2)ccc1N. The van der Waals surface area contributed by atoms with E-state index in [1.165, 1.54) is 31.4 Å². The summed E-state index contributed by atoms with van der Waals surface area (Å²) in [5, 5.41) is 0. The number of benzene rings is 1. The summed E-state index contributed by atoms with van der Waals surface area (Å²) >= 11 is 0. The van der Waals surface area contributed by atoms with E-state index in [0.717, 1.165) is 17.4 Å². The fourth-order valence-corrected chi connectivity index (χ4v) is 2.99. The third-order valence-electron chi connectivity index (χ3n) is 4.16. The molecule has 0 amide bonds. The lowest BCUT2D eigenvalue weighted by atomic mass is 9.86. The van der Waals surface area contributed by atoms with Crippen molar-refractivity contribution >= 4 is 11.4 Å². The Balaban J connectivity index is 2.13. The molecular weight excluding hydrogens is 236 g/mol. The molecule has 106 valence electrons. The van der Waals surface area contributed by atoms with E-state index in [1.807, 2.05) is 13.0 Å². The zero-order valence-electron chi connectivity index (χ0n) is 12.4. The van der Waals surface area contributed by atoms with Gasteiger partial charge in [-0.3, -0.25) is 0 Å². The van der Waals surface area contributed by atoms with Gasteiger partial charge in [-0.25, -0.2) is 0 Å². The van der Waals surface area contributed by atoms with Crippen molar-refractivity contribution in [2.75, 3.05) is 24.3 Å². The zero-order chi connectivity index (χ0) is 13.8. The van der Waals surface area contributed by atoms with Crippen molar-refractivity contribution in [3.63, 3.8) is 0 Å². The molecule has 1 aromatic carbocycles. The number of nitrogens with two attached hydrogens (primary N) is 1. The summed E-state index contributed by atoms with van der Waals surface area (Å²) in [5.41, 5.74) is 7.86. The lowest BCUT2D eigenvalue weighted by Crippen LogP contribution is -2.35. The molecule has 0 aliphatic heterocycles. The molecule has 1 aromatic rings. The van der Waals surface area contributed by atoms with E-state index in [1.54, 1.807) is 0 Å². The van der Waals surface area contributed by atoms with E-state index >= 15 is 0 Å². The number of ether oxygens (including phenoxy) is 1. The average molecular weight is 262 g/mol. The molecule has 1 aliphatic carbocycles. The van der Waals surface area contributed by atoms with Gasteiger partial charge in [-0.05, 0) is 37.8 Å². The van der Waals surface area contributed by atoms with Crippen molar-refractivity contribution in [1.82, 2.24) is 0 Å². The molecule has 1 aliphatic rings. The molecule has 2 N–H and O–H groups in total. The lowest BCUT2D eigenvalue weighted by molar-refractivity contribution is 0.334. The van der Waals surface area contributed by atoms with Gasteiger partial charge in [0, 0.05) is 24.8 Å². The first-order valence-electron chi connectivity index (χ1n) is 7.37. The molecule has 1 fully saturated rings. The van der Waals surface area contributed by atoms with Crippen LogP contribution in [0.1, 0.15) is 39.5 Å². The highest BCUT2D eigenvalue weighted by Crippen LogP contribution is 2.32. The molecule has 0 aromatic heterocycles. The van der Waals surface area contributed by atoms with Gasteiger partial charge in [-0.2, -0.15) is 0 Å². The first kappa shape index (κ1) is 14.0. The van der Waals surface area contributed by atoms with Crippen LogP contribution in [0.2, 0.25) is 0 Å². The Morgan fingerprint density at radius 1 is 1.37 bits per heavy atom. The van der Waals surface area contributed by atoms with Crippen LogP contribution in [0.5, 0.6) is 5.75 Å². The molecule has 3 nitrogen and oxygen atoms in total. The van der Waals surface area contributed by atoms with Gasteiger partial charge in [0.1, 0.15) is 5.75 Å². The standard InChI is InChI=1S/C16H26N2O/c1-4-19-16-11-14(8-9-15(16)17)18(3)13-7-5-6-12(2)10-13/h8-9,11-13H,4-7,10,17H2,1-3H3. The van der Waals surface area contributed by atoms with Crippen molar-refractivity contribution < 1.29 is 4.74 Å². The van der Waals surface area contributed by atoms with E-state index < -0.39 is 0 Å². The third-order valence-corrected chi connectivity index (χ3v) is 4.16. The molecule has 19 heavy (non-hydrogen) atoms. The first-order chi connectivity index (χ1) is 9.11. The Bertz CT molecular complexity index is 419. The average Bonchev–Trinajstić information content (AvgIpc) is 2.41. The van der Waals surface area contributed by atoms with Crippen LogP contribution in [0.4, 0.5) is 11.4 Å². The van der Waals surface area contributed by atoms with Crippen LogP contribution in [-0.4, -0.2) is 19.7 Å². The maximum absolute atomic E-state index is 5.93. The molecule has 0 radical (unpaired) electrons. The highest BCUT2D eigenvalue weighted by molar-refractivity contribution is 5.62. The minimum absolute atomic E-state index is 0.641. The van der Waals surface area contributed by atoms with Crippen LogP contribution in [0.15, 0.2) is 18.2 Å². The Morgan fingerprint density at radius 3 is 2.84 bits per heavy atom. The molecule has 1 saturated carbocycles. The van der Waals surface area contributed by atoms with Gasteiger partial charge in [-0.15, -0.1) is 0 Å². The van der Waals surface area contributed by atoms with Crippen molar-refractivity contribution in [2.24, 2.45) is 5.92 Å². The predicted molar refractivity (Wildman–Crippen MR) is 81.8 cm³/mol. The molecule has 0 spiro atoms. The smallest absolute Gasteiger partial charge is 0.144 e. The van der Waals surface area contributed by atoms with Gasteiger partial charge >= 0.3 is 0 Å². The van der Waals surface area contributed by atoms with Gasteiger partial charge < -0.3 is 15.4 Å². The number of nitrogen functional groups attached to an aromatic ring is 1. The Labute approximate surface area is 116 Å². The fourth-order valence-electron chi connectivity index (χ4n) is 2.99. The summed E-state index contributed by atoms with van der Waals surface area (Å²) in [6.07, 6.45) is 5.28. The Kier molecular flexibility index (Phi) is 4.56. The molecule has 0 saturated heterocycles. The number of anilines is 2. The number of nitrogens with zero attached hydrogens (tertiary/aromatic N) is 1. The largest absolute Gasteiger partial charge is 0.492 e. The van der Waals surface area contributed by atoms with E-state index in [-0.39, 0.29) is 0 Å². The second kappa shape index (κ2) is 6.18. The van der Waals surface area contributed by atoms with Gasteiger partial charge in [0.15, 0.2) is 0 Å². The monoisotopic (exact) mass is 262 g/mol. The summed E-state index contributed by atoms with van der Waals surface area (Å²) in [7, 11) is 2.18. The highest BCUT2D eigenvalue weighted by atomic mass is 16.5. The van der Waals surface area contributed by atoms with Crippen LogP contribution in [0, 0.1) is 5.92 Å². The second-order valence-corrected chi connectivity index (χ2v) is 5.69. The minimum atomic E-state index is 0.641. The fraction of sp³-hybridized carbons (Fsp3) is 0.625. The van der Waals surface area contributed by atoms with Crippen LogP contribution in [-0.2, 0) is 0 Å². The van der Waals surface area contributed by atoms with Crippen molar-refractivity contribution in [2.45, 2.75) is 45.6 Å². The van der Waals surface area contributed by atoms with E-state index in [4.69, 9.17) is 10.5 Å². The number of rotatable bonds is 4. The van der Waals surface area contributed by atoms with Gasteiger partial charge in [0.25, 0.3) is 0 Å². The highest BCUT2D eigenvalue weighted by Gasteiger charge is 2.23.